The maximum Gasteiger partial charge on any atom is 0.248 e. The summed E-state index contributed by atoms with van der Waals surface area (Å²) in [5.74, 6) is -0.0242. The third-order valence-corrected chi connectivity index (χ3v) is 3.18. The highest BCUT2D eigenvalue weighted by Gasteiger charge is 2.16. The van der Waals surface area contributed by atoms with Crippen LogP contribution in [-0.4, -0.2) is 24.6 Å². The average Bonchev–Trinajstić information content (AvgIpc) is 2.07. The maximum absolute atomic E-state index is 11.1. The number of alkyl halides is 1. The third kappa shape index (κ3) is 2.48. The molecule has 0 atom stereocenters. The zero-order chi connectivity index (χ0) is 10.9. The fraction of sp³-hybridized carbons (Fsp3) is 0.333. The smallest absolute Gasteiger partial charge is 0.221 e. The van der Waals surface area contributed by atoms with Gasteiger partial charge >= 0.3 is 0 Å². The Balaban J connectivity index is 3.46. The lowest BCUT2D eigenvalue weighted by Gasteiger charge is -2.03. The molecule has 0 saturated carbocycles. The third-order valence-electron chi connectivity index (χ3n) is 1.32. The van der Waals surface area contributed by atoms with E-state index in [2.05, 4.69) is 9.97 Å². The molecule has 1 aromatic heterocycles. The first-order chi connectivity index (χ1) is 6.36. The highest BCUT2D eigenvalue weighted by molar-refractivity contribution is 7.90. The Kier molecular flexibility index (Phi) is 3.58. The van der Waals surface area contributed by atoms with Gasteiger partial charge in [-0.15, -0.1) is 11.6 Å². The molecule has 0 saturated heterocycles. The zero-order valence-electron chi connectivity index (χ0n) is 6.96. The standard InChI is InChI=1S/C6H5Cl3N2O2S/c1-14(12,13)6-10-3(2-7)4(8)5(9)11-6/h2H2,1H3. The number of sulfone groups is 1. The first kappa shape index (κ1) is 12.0. The van der Waals surface area contributed by atoms with Gasteiger partial charge in [0.2, 0.25) is 15.0 Å². The highest BCUT2D eigenvalue weighted by Crippen LogP contribution is 2.24. The van der Waals surface area contributed by atoms with Crippen LogP contribution >= 0.6 is 34.8 Å². The van der Waals surface area contributed by atoms with Crippen LogP contribution in [0.1, 0.15) is 5.69 Å². The fourth-order valence-corrected chi connectivity index (χ4v) is 1.88. The van der Waals surface area contributed by atoms with Gasteiger partial charge in [0, 0.05) is 6.26 Å². The van der Waals surface area contributed by atoms with E-state index in [0.717, 1.165) is 6.26 Å². The molecule has 8 heteroatoms. The van der Waals surface area contributed by atoms with Crippen molar-refractivity contribution in [3.05, 3.63) is 15.9 Å². The van der Waals surface area contributed by atoms with Crippen molar-refractivity contribution in [2.75, 3.05) is 6.26 Å². The lowest BCUT2D eigenvalue weighted by Crippen LogP contribution is -2.06. The molecule has 0 N–H and O–H groups in total. The van der Waals surface area contributed by atoms with Crippen molar-refractivity contribution in [1.29, 1.82) is 0 Å². The second-order valence-electron chi connectivity index (χ2n) is 2.46. The molecular formula is C6H5Cl3N2O2S. The summed E-state index contributed by atoms with van der Waals surface area (Å²) in [4.78, 5) is 7.20. The summed E-state index contributed by atoms with van der Waals surface area (Å²) < 4.78 is 22.2. The van der Waals surface area contributed by atoms with Crippen LogP contribution in [0, 0.1) is 0 Å². The summed E-state index contributed by atoms with van der Waals surface area (Å²) >= 11 is 16.8. The molecule has 0 amide bonds. The second-order valence-corrected chi connectivity index (χ2v) is 5.38. The topological polar surface area (TPSA) is 59.9 Å². The Labute approximate surface area is 96.1 Å². The highest BCUT2D eigenvalue weighted by atomic mass is 35.5. The molecule has 0 aromatic carbocycles. The average molecular weight is 276 g/mol. The molecule has 0 bridgehead atoms. The minimum absolute atomic E-state index is 0.0242. The predicted molar refractivity (Wildman–Crippen MR) is 54.7 cm³/mol. The minimum Gasteiger partial charge on any atom is -0.221 e. The molecule has 0 spiro atoms. The van der Waals surface area contributed by atoms with Crippen molar-refractivity contribution in [3.63, 3.8) is 0 Å². The minimum atomic E-state index is -3.50. The van der Waals surface area contributed by atoms with Gasteiger partial charge in [0.05, 0.1) is 11.6 Å². The first-order valence-corrected chi connectivity index (χ1v) is 6.52. The van der Waals surface area contributed by atoms with Crippen molar-refractivity contribution in [1.82, 2.24) is 9.97 Å². The molecule has 0 fully saturated rings. The van der Waals surface area contributed by atoms with E-state index >= 15 is 0 Å². The molecule has 1 aromatic rings. The first-order valence-electron chi connectivity index (χ1n) is 3.34. The summed E-state index contributed by atoms with van der Waals surface area (Å²) in [6.45, 7) is 0. The van der Waals surface area contributed by atoms with Gasteiger partial charge in [0.15, 0.2) is 5.15 Å². The van der Waals surface area contributed by atoms with Crippen LogP contribution in [-0.2, 0) is 15.7 Å². The number of rotatable bonds is 2. The molecule has 14 heavy (non-hydrogen) atoms. The van der Waals surface area contributed by atoms with Crippen molar-refractivity contribution in [2.24, 2.45) is 0 Å². The van der Waals surface area contributed by atoms with Crippen LogP contribution in [0.15, 0.2) is 5.16 Å². The molecular weight excluding hydrogens is 271 g/mol. The quantitative estimate of drug-likeness (QED) is 0.470. The monoisotopic (exact) mass is 274 g/mol. The van der Waals surface area contributed by atoms with Crippen LogP contribution < -0.4 is 0 Å². The van der Waals surface area contributed by atoms with Gasteiger partial charge in [-0.2, -0.15) is 0 Å². The van der Waals surface area contributed by atoms with Gasteiger partial charge in [0.25, 0.3) is 0 Å². The van der Waals surface area contributed by atoms with Gasteiger partial charge in [-0.3, -0.25) is 0 Å². The van der Waals surface area contributed by atoms with Gasteiger partial charge in [-0.1, -0.05) is 23.2 Å². The van der Waals surface area contributed by atoms with E-state index in [-0.39, 0.29) is 26.9 Å². The van der Waals surface area contributed by atoms with E-state index < -0.39 is 9.84 Å². The molecule has 0 radical (unpaired) electrons. The molecule has 1 rings (SSSR count). The van der Waals surface area contributed by atoms with Crippen molar-refractivity contribution in [2.45, 2.75) is 11.0 Å². The SMILES string of the molecule is CS(=O)(=O)c1nc(Cl)c(Cl)c(CCl)n1. The van der Waals surface area contributed by atoms with Crippen molar-refractivity contribution >= 4 is 44.6 Å². The van der Waals surface area contributed by atoms with Crippen LogP contribution in [0.2, 0.25) is 10.2 Å². The van der Waals surface area contributed by atoms with Gasteiger partial charge in [0.1, 0.15) is 5.02 Å². The molecule has 0 unspecified atom stereocenters. The number of aromatic nitrogens is 2. The Morgan fingerprint density at radius 2 is 1.86 bits per heavy atom. The van der Waals surface area contributed by atoms with E-state index in [4.69, 9.17) is 34.8 Å². The lowest BCUT2D eigenvalue weighted by atomic mass is 10.4. The number of nitrogens with zero attached hydrogens (tertiary/aromatic N) is 2. The maximum atomic E-state index is 11.1. The van der Waals surface area contributed by atoms with Gasteiger partial charge < -0.3 is 0 Å². The molecule has 0 aliphatic carbocycles. The van der Waals surface area contributed by atoms with Crippen molar-refractivity contribution < 1.29 is 8.42 Å². The number of halogens is 3. The molecule has 1 heterocycles. The predicted octanol–water partition coefficient (Wildman–Crippen LogP) is 1.93. The van der Waals surface area contributed by atoms with E-state index in [9.17, 15) is 8.42 Å². The normalized spacial score (nSPS) is 11.7. The Morgan fingerprint density at radius 3 is 2.29 bits per heavy atom. The molecule has 78 valence electrons. The zero-order valence-corrected chi connectivity index (χ0v) is 10.0. The Bertz CT molecular complexity index is 460. The van der Waals surface area contributed by atoms with Crippen LogP contribution in [0.5, 0.6) is 0 Å². The van der Waals surface area contributed by atoms with Crippen LogP contribution in [0.25, 0.3) is 0 Å². The summed E-state index contributed by atoms with van der Waals surface area (Å²) in [6, 6.07) is 0. The summed E-state index contributed by atoms with van der Waals surface area (Å²) in [5, 5.41) is -0.408. The molecule has 0 aliphatic rings. The molecule has 0 aliphatic heterocycles. The molecule has 4 nitrogen and oxygen atoms in total. The van der Waals surface area contributed by atoms with Crippen molar-refractivity contribution in [3.8, 4) is 0 Å². The summed E-state index contributed by atoms with van der Waals surface area (Å²) in [7, 11) is -3.50. The van der Waals surface area contributed by atoms with E-state index in [0.29, 0.717) is 0 Å². The van der Waals surface area contributed by atoms with E-state index in [1.807, 2.05) is 0 Å². The van der Waals surface area contributed by atoms with Gasteiger partial charge in [-0.05, 0) is 0 Å². The van der Waals surface area contributed by atoms with E-state index in [1.54, 1.807) is 0 Å². The number of hydrogen-bond acceptors (Lipinski definition) is 4. The lowest BCUT2D eigenvalue weighted by molar-refractivity contribution is 0.592. The summed E-state index contributed by atoms with van der Waals surface area (Å²) in [5.41, 5.74) is 0.203. The fourth-order valence-electron chi connectivity index (χ4n) is 0.696. The summed E-state index contributed by atoms with van der Waals surface area (Å²) in [6.07, 6.45) is 0.977. The number of hydrogen-bond donors (Lipinski definition) is 0. The Hall–Kier alpha value is -0.100. The van der Waals surface area contributed by atoms with E-state index in [1.165, 1.54) is 0 Å². The largest absolute Gasteiger partial charge is 0.248 e. The Morgan fingerprint density at radius 1 is 1.29 bits per heavy atom. The van der Waals surface area contributed by atoms with Gasteiger partial charge in [-0.25, -0.2) is 18.4 Å². The second kappa shape index (κ2) is 4.18. The van der Waals surface area contributed by atoms with Crippen LogP contribution in [0.4, 0.5) is 0 Å². The van der Waals surface area contributed by atoms with Crippen LogP contribution in [0.3, 0.4) is 0 Å².